The molecule has 0 aliphatic rings. The van der Waals surface area contributed by atoms with Gasteiger partial charge in [-0.25, -0.2) is 8.42 Å². The molecule has 0 bridgehead atoms. The number of hydrogen-bond acceptors (Lipinski definition) is 4. The van der Waals surface area contributed by atoms with Gasteiger partial charge in [0.15, 0.2) is 0 Å². The van der Waals surface area contributed by atoms with Gasteiger partial charge >= 0.3 is 0 Å². The third-order valence-corrected chi connectivity index (χ3v) is 3.44. The van der Waals surface area contributed by atoms with Gasteiger partial charge in [0, 0.05) is 25.2 Å². The minimum atomic E-state index is -2.85. The Bertz CT molecular complexity index is 420. The zero-order valence-electron chi connectivity index (χ0n) is 8.40. The Kier molecular flexibility index (Phi) is 4.53. The van der Waals surface area contributed by atoms with E-state index in [9.17, 15) is 8.42 Å². The molecule has 0 amide bonds. The van der Waals surface area contributed by atoms with Gasteiger partial charge in [0.25, 0.3) is 0 Å². The van der Waals surface area contributed by atoms with Crippen molar-refractivity contribution in [3.05, 3.63) is 22.9 Å². The molecule has 0 aromatic carbocycles. The first-order valence-corrected chi connectivity index (χ1v) is 7.35. The summed E-state index contributed by atoms with van der Waals surface area (Å²) in [6.07, 6.45) is 5.23. The van der Waals surface area contributed by atoms with E-state index in [1.165, 1.54) is 6.26 Å². The summed E-state index contributed by atoms with van der Waals surface area (Å²) in [5.74, 6) is 0.211. The Morgan fingerprint density at radius 1 is 1.53 bits per heavy atom. The van der Waals surface area contributed by atoms with Gasteiger partial charge < -0.3 is 5.32 Å². The summed E-state index contributed by atoms with van der Waals surface area (Å²) < 4.78 is 22.6. The first kappa shape index (κ1) is 12.4. The quantitative estimate of drug-likeness (QED) is 0.839. The van der Waals surface area contributed by atoms with Crippen LogP contribution in [-0.4, -0.2) is 32.0 Å². The largest absolute Gasteiger partial charge is 0.384 e. The Balaban J connectivity index is 2.36. The fourth-order valence-electron chi connectivity index (χ4n) is 1.08. The summed E-state index contributed by atoms with van der Waals surface area (Å²) in [5, 5.41) is 3.13. The summed E-state index contributed by atoms with van der Waals surface area (Å²) in [5.41, 5.74) is 0.929. The topological polar surface area (TPSA) is 59.1 Å². The standard InChI is InChI=1S/C9H13BrN2O2S/c1-15(13,14)6-2-4-12-9-3-5-11-7-8(9)10/h3,5,7H,2,4,6H2,1H3,(H,11,12). The van der Waals surface area contributed by atoms with E-state index in [0.717, 1.165) is 10.2 Å². The molecule has 0 aliphatic heterocycles. The van der Waals surface area contributed by atoms with Crippen LogP contribution in [0.5, 0.6) is 0 Å². The van der Waals surface area contributed by atoms with Crippen LogP contribution in [-0.2, 0) is 9.84 Å². The molecule has 0 spiro atoms. The maximum absolute atomic E-state index is 10.9. The van der Waals surface area contributed by atoms with Gasteiger partial charge in [-0.05, 0) is 28.4 Å². The zero-order chi connectivity index (χ0) is 11.3. The van der Waals surface area contributed by atoms with E-state index in [-0.39, 0.29) is 5.75 Å². The lowest BCUT2D eigenvalue weighted by atomic mass is 10.4. The van der Waals surface area contributed by atoms with Gasteiger partial charge in [-0.3, -0.25) is 4.98 Å². The van der Waals surface area contributed by atoms with Gasteiger partial charge in [0.2, 0.25) is 0 Å². The first-order valence-electron chi connectivity index (χ1n) is 4.50. The Labute approximate surface area is 98.2 Å². The van der Waals surface area contributed by atoms with Crippen LogP contribution in [0.1, 0.15) is 6.42 Å². The number of pyridine rings is 1. The van der Waals surface area contributed by atoms with Crippen LogP contribution >= 0.6 is 15.9 Å². The second-order valence-corrected chi connectivity index (χ2v) is 6.38. The smallest absolute Gasteiger partial charge is 0.147 e. The molecule has 0 fully saturated rings. The van der Waals surface area contributed by atoms with E-state index in [2.05, 4.69) is 26.2 Å². The van der Waals surface area contributed by atoms with Crippen molar-refractivity contribution in [3.8, 4) is 0 Å². The average Bonchev–Trinajstić information content (AvgIpc) is 2.13. The third kappa shape index (κ3) is 5.13. The fourth-order valence-corrected chi connectivity index (χ4v) is 2.14. The van der Waals surface area contributed by atoms with E-state index in [0.29, 0.717) is 13.0 Å². The number of nitrogens with one attached hydrogen (secondary N) is 1. The molecule has 6 heteroatoms. The number of sulfone groups is 1. The summed E-state index contributed by atoms with van der Waals surface area (Å²) in [6, 6.07) is 1.84. The molecule has 4 nitrogen and oxygen atoms in total. The second kappa shape index (κ2) is 5.46. The number of halogens is 1. The van der Waals surface area contributed by atoms with Crippen molar-refractivity contribution >= 4 is 31.5 Å². The van der Waals surface area contributed by atoms with Gasteiger partial charge in [-0.15, -0.1) is 0 Å². The molecule has 1 aromatic rings. The summed E-state index contributed by atoms with van der Waals surface area (Å²) in [4.78, 5) is 3.93. The predicted molar refractivity (Wildman–Crippen MR) is 64.8 cm³/mol. The second-order valence-electron chi connectivity index (χ2n) is 3.27. The van der Waals surface area contributed by atoms with Crippen LogP contribution in [0.4, 0.5) is 5.69 Å². The molecule has 1 rings (SSSR count). The molecule has 1 aromatic heterocycles. The lowest BCUT2D eigenvalue weighted by molar-refractivity contribution is 0.600. The van der Waals surface area contributed by atoms with Crippen LogP contribution < -0.4 is 5.32 Å². The third-order valence-electron chi connectivity index (χ3n) is 1.78. The highest BCUT2D eigenvalue weighted by molar-refractivity contribution is 9.10. The van der Waals surface area contributed by atoms with Crippen LogP contribution in [0.25, 0.3) is 0 Å². The van der Waals surface area contributed by atoms with Crippen LogP contribution in [0.2, 0.25) is 0 Å². The van der Waals surface area contributed by atoms with E-state index in [1.54, 1.807) is 12.4 Å². The molecule has 0 saturated heterocycles. The predicted octanol–water partition coefficient (Wildman–Crippen LogP) is 1.69. The van der Waals surface area contributed by atoms with Crippen molar-refractivity contribution in [2.45, 2.75) is 6.42 Å². The minimum Gasteiger partial charge on any atom is -0.384 e. The number of nitrogens with zero attached hydrogens (tertiary/aromatic N) is 1. The Morgan fingerprint density at radius 3 is 2.87 bits per heavy atom. The van der Waals surface area contributed by atoms with E-state index in [4.69, 9.17) is 0 Å². The maximum atomic E-state index is 10.9. The molecule has 0 aliphatic carbocycles. The van der Waals surface area contributed by atoms with Crippen molar-refractivity contribution in [1.82, 2.24) is 4.98 Å². The number of hydrogen-bond donors (Lipinski definition) is 1. The molecule has 0 saturated carbocycles. The molecule has 1 heterocycles. The van der Waals surface area contributed by atoms with Crippen molar-refractivity contribution in [1.29, 1.82) is 0 Å². The lowest BCUT2D eigenvalue weighted by Crippen LogP contribution is -2.09. The van der Waals surface area contributed by atoms with E-state index < -0.39 is 9.84 Å². The lowest BCUT2D eigenvalue weighted by Gasteiger charge is -2.06. The van der Waals surface area contributed by atoms with E-state index >= 15 is 0 Å². The van der Waals surface area contributed by atoms with Crippen molar-refractivity contribution < 1.29 is 8.42 Å². The summed E-state index contributed by atoms with van der Waals surface area (Å²) in [6.45, 7) is 0.635. The number of anilines is 1. The molecule has 15 heavy (non-hydrogen) atoms. The highest BCUT2D eigenvalue weighted by Crippen LogP contribution is 2.19. The first-order chi connectivity index (χ1) is 6.99. The van der Waals surface area contributed by atoms with Crippen molar-refractivity contribution in [2.24, 2.45) is 0 Å². The Morgan fingerprint density at radius 2 is 2.27 bits per heavy atom. The highest BCUT2D eigenvalue weighted by Gasteiger charge is 2.02. The molecule has 1 N–H and O–H groups in total. The van der Waals surface area contributed by atoms with Crippen molar-refractivity contribution in [3.63, 3.8) is 0 Å². The highest BCUT2D eigenvalue weighted by atomic mass is 79.9. The zero-order valence-corrected chi connectivity index (χ0v) is 10.8. The monoisotopic (exact) mass is 292 g/mol. The van der Waals surface area contributed by atoms with Crippen LogP contribution in [0, 0.1) is 0 Å². The van der Waals surface area contributed by atoms with Gasteiger partial charge in [0.1, 0.15) is 9.84 Å². The summed E-state index contributed by atoms with van der Waals surface area (Å²) >= 11 is 3.34. The maximum Gasteiger partial charge on any atom is 0.147 e. The SMILES string of the molecule is CS(=O)(=O)CCCNc1ccncc1Br. The van der Waals surface area contributed by atoms with Gasteiger partial charge in [-0.1, -0.05) is 0 Å². The summed E-state index contributed by atoms with van der Waals surface area (Å²) in [7, 11) is -2.85. The molecule has 0 radical (unpaired) electrons. The molecular formula is C9H13BrN2O2S. The van der Waals surface area contributed by atoms with Crippen LogP contribution in [0.15, 0.2) is 22.9 Å². The Hall–Kier alpha value is -0.620. The molecular weight excluding hydrogens is 280 g/mol. The molecule has 0 atom stereocenters. The van der Waals surface area contributed by atoms with Crippen molar-refractivity contribution in [2.75, 3.05) is 23.9 Å². The average molecular weight is 293 g/mol. The molecule has 84 valence electrons. The van der Waals surface area contributed by atoms with Crippen LogP contribution in [0.3, 0.4) is 0 Å². The van der Waals surface area contributed by atoms with Gasteiger partial charge in [-0.2, -0.15) is 0 Å². The molecule has 0 unspecified atom stereocenters. The minimum absolute atomic E-state index is 0.211. The van der Waals surface area contributed by atoms with Gasteiger partial charge in [0.05, 0.1) is 15.9 Å². The number of aromatic nitrogens is 1. The normalized spacial score (nSPS) is 11.3. The fraction of sp³-hybridized carbons (Fsp3) is 0.444. The number of rotatable bonds is 5. The van der Waals surface area contributed by atoms with E-state index in [1.807, 2.05) is 6.07 Å².